The van der Waals surface area contributed by atoms with Gasteiger partial charge in [0.25, 0.3) is 0 Å². The van der Waals surface area contributed by atoms with E-state index in [9.17, 15) is 0 Å². The highest BCUT2D eigenvalue weighted by Crippen LogP contribution is 2.58. The molecule has 2 heterocycles. The standard InChI is InChI=1S/C44H29N3O2/c1-44(2)34-15-9-8-14-33(34)39-35(44)21-23-37-40(39)49-36-22-19-30(25-38(36)48-37)43-46-41(27-11-4-3-5-12-27)45-42(47-43)29-18-20-32-28(24-29)17-16-26-10-6-7-13-31(26)32/h3-25H,1-2H3. The lowest BCUT2D eigenvalue weighted by Gasteiger charge is -2.25. The summed E-state index contributed by atoms with van der Waals surface area (Å²) in [6, 6.07) is 47.9. The van der Waals surface area contributed by atoms with Gasteiger partial charge in [-0.2, -0.15) is 0 Å². The summed E-state index contributed by atoms with van der Waals surface area (Å²) in [5.41, 5.74) is 7.36. The van der Waals surface area contributed by atoms with Gasteiger partial charge in [-0.3, -0.25) is 0 Å². The van der Waals surface area contributed by atoms with E-state index in [0.717, 1.165) is 33.4 Å². The maximum Gasteiger partial charge on any atom is 0.178 e. The van der Waals surface area contributed by atoms with E-state index in [0.29, 0.717) is 34.7 Å². The quantitative estimate of drug-likeness (QED) is 0.182. The topological polar surface area (TPSA) is 57.1 Å². The minimum absolute atomic E-state index is 0.125. The summed E-state index contributed by atoms with van der Waals surface area (Å²) >= 11 is 0. The van der Waals surface area contributed by atoms with E-state index in [4.69, 9.17) is 24.4 Å². The summed E-state index contributed by atoms with van der Waals surface area (Å²) in [6.45, 7) is 4.53. The van der Waals surface area contributed by atoms with Crippen LogP contribution in [0.4, 0.5) is 0 Å². The molecule has 0 saturated heterocycles. The zero-order valence-corrected chi connectivity index (χ0v) is 26.9. The smallest absolute Gasteiger partial charge is 0.178 e. The molecule has 5 heteroatoms. The molecule has 0 radical (unpaired) electrons. The number of nitrogens with zero attached hydrogens (tertiary/aromatic N) is 3. The van der Waals surface area contributed by atoms with E-state index in [2.05, 4.69) is 98.8 Å². The normalized spacial score (nSPS) is 13.6. The Balaban J connectivity index is 1.07. The van der Waals surface area contributed by atoms with E-state index in [1.165, 1.54) is 32.8 Å². The van der Waals surface area contributed by atoms with Crippen LogP contribution in [-0.2, 0) is 5.41 Å². The van der Waals surface area contributed by atoms with Crippen molar-refractivity contribution in [2.75, 3.05) is 0 Å². The molecule has 0 atom stereocenters. The Morgan fingerprint density at radius 3 is 1.96 bits per heavy atom. The van der Waals surface area contributed by atoms with Gasteiger partial charge in [0.1, 0.15) is 0 Å². The summed E-state index contributed by atoms with van der Waals surface area (Å²) in [6.07, 6.45) is 0. The number of hydrogen-bond donors (Lipinski definition) is 0. The molecule has 8 aromatic rings. The van der Waals surface area contributed by atoms with E-state index >= 15 is 0 Å². The molecule has 1 aliphatic heterocycles. The molecule has 1 aromatic heterocycles. The Hall–Kier alpha value is -6.33. The highest BCUT2D eigenvalue weighted by molar-refractivity contribution is 6.08. The summed E-state index contributed by atoms with van der Waals surface area (Å²) < 4.78 is 13.2. The Labute approximate surface area is 283 Å². The molecule has 2 aliphatic rings. The summed E-state index contributed by atoms with van der Waals surface area (Å²) in [4.78, 5) is 15.0. The lowest BCUT2D eigenvalue weighted by Crippen LogP contribution is -2.15. The second-order valence-electron chi connectivity index (χ2n) is 13.2. The first-order valence-electron chi connectivity index (χ1n) is 16.5. The molecule has 232 valence electrons. The van der Waals surface area contributed by atoms with Crippen molar-refractivity contribution in [2.45, 2.75) is 19.3 Å². The first-order valence-corrected chi connectivity index (χ1v) is 16.5. The molecule has 0 amide bonds. The molecule has 0 N–H and O–H groups in total. The molecule has 7 aromatic carbocycles. The van der Waals surface area contributed by atoms with Crippen LogP contribution in [0.1, 0.15) is 25.0 Å². The van der Waals surface area contributed by atoms with Gasteiger partial charge in [0, 0.05) is 27.7 Å². The summed E-state index contributed by atoms with van der Waals surface area (Å²) in [5, 5.41) is 4.78. The molecule has 10 rings (SSSR count). The Bertz CT molecular complexity index is 2650. The molecule has 49 heavy (non-hydrogen) atoms. The Kier molecular flexibility index (Phi) is 5.85. The highest BCUT2D eigenvalue weighted by atomic mass is 16.6. The van der Waals surface area contributed by atoms with Gasteiger partial charge in [0.15, 0.2) is 40.5 Å². The molecule has 5 nitrogen and oxygen atoms in total. The second kappa shape index (κ2) is 10.3. The van der Waals surface area contributed by atoms with Crippen LogP contribution in [0.15, 0.2) is 140 Å². The average Bonchev–Trinajstić information content (AvgIpc) is 3.39. The molecule has 0 bridgehead atoms. The van der Waals surface area contributed by atoms with Crippen molar-refractivity contribution in [3.63, 3.8) is 0 Å². The monoisotopic (exact) mass is 631 g/mol. The summed E-state index contributed by atoms with van der Waals surface area (Å²) in [5.74, 6) is 4.51. The molecular formula is C44H29N3O2. The largest absolute Gasteiger partial charge is 0.449 e. The minimum atomic E-state index is -0.125. The number of rotatable bonds is 3. The third kappa shape index (κ3) is 4.29. The van der Waals surface area contributed by atoms with Crippen LogP contribution in [0.2, 0.25) is 0 Å². The van der Waals surface area contributed by atoms with E-state index in [1.54, 1.807) is 0 Å². The zero-order chi connectivity index (χ0) is 32.7. The fraction of sp³-hybridized carbons (Fsp3) is 0.0682. The van der Waals surface area contributed by atoms with Crippen molar-refractivity contribution in [3.05, 3.63) is 151 Å². The fourth-order valence-corrected chi connectivity index (χ4v) is 7.47. The van der Waals surface area contributed by atoms with Crippen LogP contribution < -0.4 is 9.47 Å². The van der Waals surface area contributed by atoms with Gasteiger partial charge >= 0.3 is 0 Å². The predicted molar refractivity (Wildman–Crippen MR) is 195 cm³/mol. The van der Waals surface area contributed by atoms with Crippen molar-refractivity contribution in [3.8, 4) is 68.3 Å². The van der Waals surface area contributed by atoms with Crippen LogP contribution >= 0.6 is 0 Å². The SMILES string of the molecule is CC1(C)c2ccccc2-c2c1ccc1c2Oc2ccc(-c3nc(-c4ccccc4)nc(-c4ccc5c(ccc6ccccc65)c4)n3)cc2O1. The van der Waals surface area contributed by atoms with Gasteiger partial charge in [0.05, 0.1) is 0 Å². The highest BCUT2D eigenvalue weighted by Gasteiger charge is 2.39. The predicted octanol–water partition coefficient (Wildman–Crippen LogP) is 11.4. The Morgan fingerprint density at radius 2 is 1.10 bits per heavy atom. The van der Waals surface area contributed by atoms with Gasteiger partial charge in [-0.05, 0) is 68.6 Å². The van der Waals surface area contributed by atoms with Gasteiger partial charge in [0.2, 0.25) is 0 Å². The van der Waals surface area contributed by atoms with Crippen molar-refractivity contribution in [1.82, 2.24) is 15.0 Å². The van der Waals surface area contributed by atoms with E-state index < -0.39 is 0 Å². The van der Waals surface area contributed by atoms with Crippen LogP contribution in [0, 0.1) is 0 Å². The van der Waals surface area contributed by atoms with Crippen LogP contribution in [0.3, 0.4) is 0 Å². The molecule has 0 unspecified atom stereocenters. The van der Waals surface area contributed by atoms with Crippen molar-refractivity contribution >= 4 is 21.5 Å². The van der Waals surface area contributed by atoms with Gasteiger partial charge in [-0.15, -0.1) is 0 Å². The fourth-order valence-electron chi connectivity index (χ4n) is 7.47. The molecule has 0 saturated carbocycles. The second-order valence-corrected chi connectivity index (χ2v) is 13.2. The van der Waals surface area contributed by atoms with Gasteiger partial charge < -0.3 is 9.47 Å². The summed E-state index contributed by atoms with van der Waals surface area (Å²) in [7, 11) is 0. The Morgan fingerprint density at radius 1 is 0.449 bits per heavy atom. The van der Waals surface area contributed by atoms with Crippen molar-refractivity contribution in [1.29, 1.82) is 0 Å². The van der Waals surface area contributed by atoms with Gasteiger partial charge in [-0.25, -0.2) is 15.0 Å². The van der Waals surface area contributed by atoms with Crippen molar-refractivity contribution < 1.29 is 9.47 Å². The lowest BCUT2D eigenvalue weighted by atomic mass is 9.82. The van der Waals surface area contributed by atoms with Crippen LogP contribution in [0.25, 0.3) is 66.8 Å². The molecule has 0 spiro atoms. The number of aromatic nitrogens is 3. The number of ether oxygens (including phenoxy) is 2. The van der Waals surface area contributed by atoms with Crippen LogP contribution in [-0.4, -0.2) is 15.0 Å². The first kappa shape index (κ1) is 27.8. The first-order chi connectivity index (χ1) is 24.0. The van der Waals surface area contributed by atoms with Crippen LogP contribution in [0.5, 0.6) is 23.0 Å². The minimum Gasteiger partial charge on any atom is -0.449 e. The third-order valence-electron chi connectivity index (χ3n) is 9.97. The number of fused-ring (bicyclic) bond motifs is 9. The molecule has 0 fully saturated rings. The maximum atomic E-state index is 6.64. The third-order valence-corrected chi connectivity index (χ3v) is 9.97. The van der Waals surface area contributed by atoms with E-state index in [1.807, 2.05) is 54.6 Å². The zero-order valence-electron chi connectivity index (χ0n) is 26.9. The van der Waals surface area contributed by atoms with Crippen molar-refractivity contribution in [2.24, 2.45) is 0 Å². The van der Waals surface area contributed by atoms with Gasteiger partial charge in [-0.1, -0.05) is 123 Å². The van der Waals surface area contributed by atoms with E-state index in [-0.39, 0.29) is 5.41 Å². The lowest BCUT2D eigenvalue weighted by molar-refractivity contribution is 0.360. The molecule has 1 aliphatic carbocycles. The molecular weight excluding hydrogens is 603 g/mol. The maximum absolute atomic E-state index is 6.64. The number of hydrogen-bond acceptors (Lipinski definition) is 5. The number of benzene rings is 7. The average molecular weight is 632 g/mol.